The summed E-state index contributed by atoms with van der Waals surface area (Å²) in [4.78, 5) is 2.06. The average Bonchev–Trinajstić information content (AvgIpc) is 2.46. The monoisotopic (exact) mass is 328 g/mol. The molecule has 124 valence electrons. The molecular weight excluding hydrogens is 304 g/mol. The minimum absolute atomic E-state index is 0.231. The Morgan fingerprint density at radius 1 is 1.18 bits per heavy atom. The maximum atomic E-state index is 11.4. The van der Waals surface area contributed by atoms with Gasteiger partial charge >= 0.3 is 0 Å². The van der Waals surface area contributed by atoms with Crippen LogP contribution in [0.1, 0.15) is 5.56 Å². The van der Waals surface area contributed by atoms with Crippen molar-refractivity contribution in [3.05, 3.63) is 29.8 Å². The van der Waals surface area contributed by atoms with Crippen molar-refractivity contribution in [3.8, 4) is 5.75 Å². The summed E-state index contributed by atoms with van der Waals surface area (Å²) in [6, 6.07) is 7.69. The number of β-amino-alcohol motifs (C(OH)–C–C–N with tert-alkyl or cyclic N) is 1. The number of nitrogens with zero attached hydrogens (tertiary/aromatic N) is 2. The molecule has 0 spiro atoms. The maximum absolute atomic E-state index is 11.4. The first-order chi connectivity index (χ1) is 10.3. The minimum atomic E-state index is -3.11. The largest absolute Gasteiger partial charge is 0.491 e. The molecule has 0 bridgehead atoms. The van der Waals surface area contributed by atoms with Crippen LogP contribution in [0.4, 0.5) is 0 Å². The van der Waals surface area contributed by atoms with Crippen molar-refractivity contribution in [1.29, 1.82) is 0 Å². The van der Waals surface area contributed by atoms with Gasteiger partial charge in [0.05, 0.1) is 6.26 Å². The first kappa shape index (κ1) is 17.2. The Bertz CT molecular complexity index is 566. The van der Waals surface area contributed by atoms with E-state index in [9.17, 15) is 13.5 Å². The van der Waals surface area contributed by atoms with Gasteiger partial charge in [0.15, 0.2) is 0 Å². The Kier molecular flexibility index (Phi) is 5.80. The minimum Gasteiger partial charge on any atom is -0.491 e. The van der Waals surface area contributed by atoms with E-state index in [1.54, 1.807) is 0 Å². The summed E-state index contributed by atoms with van der Waals surface area (Å²) in [6.45, 7) is 4.95. The lowest BCUT2D eigenvalue weighted by molar-refractivity contribution is 0.0569. The van der Waals surface area contributed by atoms with Crippen molar-refractivity contribution in [2.75, 3.05) is 45.6 Å². The first-order valence-electron chi connectivity index (χ1n) is 7.39. The van der Waals surface area contributed by atoms with E-state index in [2.05, 4.69) is 4.90 Å². The van der Waals surface area contributed by atoms with Crippen molar-refractivity contribution in [3.63, 3.8) is 0 Å². The van der Waals surface area contributed by atoms with Crippen molar-refractivity contribution >= 4 is 10.0 Å². The maximum Gasteiger partial charge on any atom is 0.211 e. The number of sulfonamides is 1. The fourth-order valence-corrected chi connectivity index (χ4v) is 3.25. The first-order valence-corrected chi connectivity index (χ1v) is 9.24. The van der Waals surface area contributed by atoms with Crippen molar-refractivity contribution in [2.45, 2.75) is 13.0 Å². The molecule has 1 N–H and O–H groups in total. The summed E-state index contributed by atoms with van der Waals surface area (Å²) < 4.78 is 29.9. The normalized spacial score (nSPS) is 19.0. The second-order valence-electron chi connectivity index (χ2n) is 5.74. The van der Waals surface area contributed by atoms with Gasteiger partial charge in [-0.1, -0.05) is 17.7 Å². The smallest absolute Gasteiger partial charge is 0.211 e. The molecule has 1 aromatic rings. The number of ether oxygens (including phenoxy) is 1. The highest BCUT2D eigenvalue weighted by Gasteiger charge is 2.24. The zero-order valence-corrected chi connectivity index (χ0v) is 13.9. The third-order valence-electron chi connectivity index (χ3n) is 3.73. The van der Waals surface area contributed by atoms with E-state index in [4.69, 9.17) is 4.74 Å². The van der Waals surface area contributed by atoms with Crippen LogP contribution < -0.4 is 4.74 Å². The summed E-state index contributed by atoms with van der Waals surface area (Å²) >= 11 is 0. The Labute approximate surface area is 132 Å². The van der Waals surface area contributed by atoms with Crippen LogP contribution in [0.25, 0.3) is 0 Å². The number of aliphatic hydroxyl groups is 1. The molecule has 1 unspecified atom stereocenters. The van der Waals surface area contributed by atoms with Crippen LogP contribution in [0.5, 0.6) is 5.75 Å². The molecule has 0 amide bonds. The molecule has 0 aliphatic carbocycles. The lowest BCUT2D eigenvalue weighted by Crippen LogP contribution is -2.50. The van der Waals surface area contributed by atoms with Crippen LogP contribution in [0.3, 0.4) is 0 Å². The molecule has 7 heteroatoms. The van der Waals surface area contributed by atoms with Gasteiger partial charge in [0, 0.05) is 32.7 Å². The van der Waals surface area contributed by atoms with Crippen molar-refractivity contribution in [2.24, 2.45) is 0 Å². The highest BCUT2D eigenvalue weighted by atomic mass is 32.2. The van der Waals surface area contributed by atoms with Crippen LogP contribution in [-0.2, 0) is 10.0 Å². The predicted octanol–water partition coefficient (Wildman–Crippen LogP) is 0.312. The Hall–Kier alpha value is -1.15. The topological polar surface area (TPSA) is 70.1 Å². The van der Waals surface area contributed by atoms with E-state index >= 15 is 0 Å². The van der Waals surface area contributed by atoms with E-state index in [0.717, 1.165) is 11.3 Å². The van der Waals surface area contributed by atoms with E-state index in [0.29, 0.717) is 32.7 Å². The summed E-state index contributed by atoms with van der Waals surface area (Å²) in [6.07, 6.45) is 0.638. The van der Waals surface area contributed by atoms with Gasteiger partial charge in [0.1, 0.15) is 18.5 Å². The standard InChI is InChI=1S/C15H24N2O4S/c1-13-3-5-15(6-4-13)21-12-14(18)11-16-7-9-17(10-8-16)22(2,19)20/h3-6,14,18H,7-12H2,1-2H3. The fourth-order valence-electron chi connectivity index (χ4n) is 2.42. The molecule has 0 saturated carbocycles. The molecule has 6 nitrogen and oxygen atoms in total. The molecule has 0 aromatic heterocycles. The number of hydrogen-bond donors (Lipinski definition) is 1. The highest BCUT2D eigenvalue weighted by molar-refractivity contribution is 7.88. The van der Waals surface area contributed by atoms with Crippen molar-refractivity contribution in [1.82, 2.24) is 9.21 Å². The van der Waals surface area contributed by atoms with Gasteiger partial charge < -0.3 is 9.84 Å². The van der Waals surface area contributed by atoms with Gasteiger partial charge in [-0.2, -0.15) is 4.31 Å². The molecule has 1 aliphatic rings. The van der Waals surface area contributed by atoms with E-state index in [-0.39, 0.29) is 6.61 Å². The lowest BCUT2D eigenvalue weighted by Gasteiger charge is -2.34. The zero-order chi connectivity index (χ0) is 16.2. The molecule has 1 aliphatic heterocycles. The molecule has 1 atom stereocenters. The van der Waals surface area contributed by atoms with Crippen LogP contribution in [0.15, 0.2) is 24.3 Å². The van der Waals surface area contributed by atoms with Gasteiger partial charge in [-0.15, -0.1) is 0 Å². The third-order valence-corrected chi connectivity index (χ3v) is 5.04. The van der Waals surface area contributed by atoms with E-state index in [1.165, 1.54) is 10.6 Å². The molecule has 1 saturated heterocycles. The molecule has 0 radical (unpaired) electrons. The van der Waals surface area contributed by atoms with Gasteiger partial charge in [-0.25, -0.2) is 8.42 Å². The van der Waals surface area contributed by atoms with Gasteiger partial charge in [-0.05, 0) is 19.1 Å². The summed E-state index contributed by atoms with van der Waals surface area (Å²) in [5.74, 6) is 0.742. The van der Waals surface area contributed by atoms with Crippen LogP contribution in [0, 0.1) is 6.92 Å². The molecule has 1 fully saturated rings. The number of hydrogen-bond acceptors (Lipinski definition) is 5. The Morgan fingerprint density at radius 3 is 2.32 bits per heavy atom. The molecule has 22 heavy (non-hydrogen) atoms. The average molecular weight is 328 g/mol. The van der Waals surface area contributed by atoms with Crippen LogP contribution >= 0.6 is 0 Å². The number of aryl methyl sites for hydroxylation is 1. The second kappa shape index (κ2) is 7.41. The molecule has 1 heterocycles. The quantitative estimate of drug-likeness (QED) is 0.814. The van der Waals surface area contributed by atoms with Gasteiger partial charge in [0.25, 0.3) is 0 Å². The van der Waals surface area contributed by atoms with E-state index in [1.807, 2.05) is 31.2 Å². The molecule has 2 rings (SSSR count). The van der Waals surface area contributed by atoms with E-state index < -0.39 is 16.1 Å². The summed E-state index contributed by atoms with van der Waals surface area (Å²) in [5, 5.41) is 10.0. The predicted molar refractivity (Wildman–Crippen MR) is 85.5 cm³/mol. The second-order valence-corrected chi connectivity index (χ2v) is 7.72. The lowest BCUT2D eigenvalue weighted by atomic mass is 10.2. The SMILES string of the molecule is Cc1ccc(OCC(O)CN2CCN(S(C)(=O)=O)CC2)cc1. The van der Waals surface area contributed by atoms with Gasteiger partial charge in [-0.3, -0.25) is 4.90 Å². The molecular formula is C15H24N2O4S. The highest BCUT2D eigenvalue weighted by Crippen LogP contribution is 2.12. The fraction of sp³-hybridized carbons (Fsp3) is 0.600. The Balaban J connectivity index is 1.72. The Morgan fingerprint density at radius 2 is 1.77 bits per heavy atom. The molecule has 1 aromatic carbocycles. The number of piperazine rings is 1. The van der Waals surface area contributed by atoms with Crippen LogP contribution in [0.2, 0.25) is 0 Å². The van der Waals surface area contributed by atoms with Crippen molar-refractivity contribution < 1.29 is 18.3 Å². The summed E-state index contributed by atoms with van der Waals surface area (Å²) in [5.41, 5.74) is 1.16. The number of benzene rings is 1. The van der Waals surface area contributed by atoms with Crippen LogP contribution in [-0.4, -0.2) is 74.4 Å². The number of rotatable bonds is 6. The zero-order valence-electron chi connectivity index (χ0n) is 13.1. The number of aliphatic hydroxyl groups excluding tert-OH is 1. The summed E-state index contributed by atoms with van der Waals surface area (Å²) in [7, 11) is -3.11. The van der Waals surface area contributed by atoms with Gasteiger partial charge in [0.2, 0.25) is 10.0 Å². The third kappa shape index (κ3) is 5.24.